The molecule has 1 aliphatic heterocycles. The maximum Gasteiger partial charge on any atom is 0.267 e. The third kappa shape index (κ3) is 3.29. The molecule has 128 valence electrons. The molecular formula is C18H13N5OS2. The summed E-state index contributed by atoms with van der Waals surface area (Å²) in [6.45, 7) is 4.11. The molecule has 8 heteroatoms. The third-order valence-electron chi connectivity index (χ3n) is 3.56. The SMILES string of the molecule is C=CCN1C(=O)C(=Cc2cnc3ccccc3n2)SC1=Nc1nccs1. The molecule has 6 nitrogen and oxygen atoms in total. The average molecular weight is 379 g/mol. The van der Waals surface area contributed by atoms with E-state index in [0.29, 0.717) is 27.4 Å². The molecule has 4 rings (SSSR count). The lowest BCUT2D eigenvalue weighted by atomic mass is 10.3. The summed E-state index contributed by atoms with van der Waals surface area (Å²) >= 11 is 2.72. The number of amides is 1. The molecule has 0 bridgehead atoms. The molecule has 1 aromatic carbocycles. The van der Waals surface area contributed by atoms with Gasteiger partial charge in [0.15, 0.2) is 5.17 Å². The Hall–Kier alpha value is -2.84. The second-order valence-corrected chi connectivity index (χ2v) is 7.19. The first-order valence-corrected chi connectivity index (χ1v) is 9.46. The number of hydrogen-bond acceptors (Lipinski definition) is 7. The van der Waals surface area contributed by atoms with E-state index in [9.17, 15) is 4.79 Å². The Labute approximate surface area is 158 Å². The number of nitrogens with zero attached hydrogens (tertiary/aromatic N) is 5. The summed E-state index contributed by atoms with van der Waals surface area (Å²) in [6, 6.07) is 7.63. The number of hydrogen-bond donors (Lipinski definition) is 0. The summed E-state index contributed by atoms with van der Waals surface area (Å²) in [7, 11) is 0. The molecule has 0 N–H and O–H groups in total. The van der Waals surface area contributed by atoms with E-state index >= 15 is 0 Å². The highest BCUT2D eigenvalue weighted by molar-refractivity contribution is 8.18. The lowest BCUT2D eigenvalue weighted by Crippen LogP contribution is -2.29. The van der Waals surface area contributed by atoms with Crippen molar-refractivity contribution in [1.29, 1.82) is 0 Å². The van der Waals surface area contributed by atoms with Gasteiger partial charge in [0.05, 0.1) is 27.8 Å². The van der Waals surface area contributed by atoms with Crippen LogP contribution in [0.1, 0.15) is 5.69 Å². The van der Waals surface area contributed by atoms with Crippen LogP contribution in [0.4, 0.5) is 5.13 Å². The molecule has 0 radical (unpaired) electrons. The van der Waals surface area contributed by atoms with E-state index in [1.54, 1.807) is 29.4 Å². The number of aliphatic imine (C=N–C) groups is 1. The van der Waals surface area contributed by atoms with Crippen molar-refractivity contribution in [3.8, 4) is 0 Å². The van der Waals surface area contributed by atoms with E-state index in [4.69, 9.17) is 0 Å². The predicted octanol–water partition coefficient (Wildman–Crippen LogP) is 3.88. The van der Waals surface area contributed by atoms with Gasteiger partial charge in [-0.15, -0.1) is 17.9 Å². The number of thioether (sulfide) groups is 1. The molecule has 0 saturated carbocycles. The minimum absolute atomic E-state index is 0.125. The molecular weight excluding hydrogens is 366 g/mol. The maximum atomic E-state index is 12.7. The van der Waals surface area contributed by atoms with Gasteiger partial charge in [0.25, 0.3) is 5.91 Å². The van der Waals surface area contributed by atoms with Gasteiger partial charge in [-0.3, -0.25) is 14.7 Å². The van der Waals surface area contributed by atoms with Gasteiger partial charge in [-0.25, -0.2) is 9.97 Å². The van der Waals surface area contributed by atoms with Crippen LogP contribution >= 0.6 is 23.1 Å². The maximum absolute atomic E-state index is 12.7. The largest absolute Gasteiger partial charge is 0.282 e. The van der Waals surface area contributed by atoms with Crippen LogP contribution in [0.3, 0.4) is 0 Å². The van der Waals surface area contributed by atoms with Crippen molar-refractivity contribution in [2.75, 3.05) is 6.54 Å². The van der Waals surface area contributed by atoms with Gasteiger partial charge in [-0.05, 0) is 30.0 Å². The van der Waals surface area contributed by atoms with Gasteiger partial charge in [-0.1, -0.05) is 18.2 Å². The Bertz CT molecular complexity index is 1040. The minimum Gasteiger partial charge on any atom is -0.282 e. The molecule has 26 heavy (non-hydrogen) atoms. The number of carbonyl (C=O) groups is 1. The van der Waals surface area contributed by atoms with E-state index in [0.717, 1.165) is 11.0 Å². The first-order valence-electron chi connectivity index (χ1n) is 7.77. The molecule has 0 aliphatic carbocycles. The Balaban J connectivity index is 1.70. The fourth-order valence-corrected chi connectivity index (χ4v) is 3.95. The molecule has 1 saturated heterocycles. The predicted molar refractivity (Wildman–Crippen MR) is 106 cm³/mol. The Kier molecular flexibility index (Phi) is 4.59. The molecule has 3 aromatic rings. The second-order valence-electron chi connectivity index (χ2n) is 5.31. The second kappa shape index (κ2) is 7.19. The zero-order chi connectivity index (χ0) is 17.9. The Morgan fingerprint density at radius 3 is 2.85 bits per heavy atom. The number of aromatic nitrogens is 3. The van der Waals surface area contributed by atoms with Crippen LogP contribution in [0.15, 0.2) is 64.6 Å². The van der Waals surface area contributed by atoms with Crippen LogP contribution in [-0.2, 0) is 4.79 Å². The number of benzene rings is 1. The lowest BCUT2D eigenvalue weighted by Gasteiger charge is -2.11. The number of carbonyl (C=O) groups excluding carboxylic acids is 1. The highest BCUT2D eigenvalue weighted by Gasteiger charge is 2.33. The van der Waals surface area contributed by atoms with Crippen molar-refractivity contribution in [2.24, 2.45) is 4.99 Å². The van der Waals surface area contributed by atoms with Gasteiger partial charge >= 0.3 is 0 Å². The molecule has 2 aromatic heterocycles. The highest BCUT2D eigenvalue weighted by Crippen LogP contribution is 2.34. The van der Waals surface area contributed by atoms with Crippen molar-refractivity contribution in [3.63, 3.8) is 0 Å². The summed E-state index contributed by atoms with van der Waals surface area (Å²) in [6.07, 6.45) is 6.77. The number of para-hydroxylation sites is 2. The van der Waals surface area contributed by atoms with Crippen LogP contribution in [0, 0.1) is 0 Å². The summed E-state index contributed by atoms with van der Waals surface area (Å²) in [4.78, 5) is 32.4. The lowest BCUT2D eigenvalue weighted by molar-refractivity contribution is -0.121. The number of thiazole rings is 1. The molecule has 3 heterocycles. The van der Waals surface area contributed by atoms with Crippen molar-refractivity contribution in [1.82, 2.24) is 19.9 Å². The van der Waals surface area contributed by atoms with Gasteiger partial charge in [0, 0.05) is 18.1 Å². The van der Waals surface area contributed by atoms with E-state index in [-0.39, 0.29) is 5.91 Å². The Morgan fingerprint density at radius 2 is 2.08 bits per heavy atom. The van der Waals surface area contributed by atoms with Gasteiger partial charge in [0.2, 0.25) is 5.13 Å². The monoisotopic (exact) mass is 379 g/mol. The normalized spacial score (nSPS) is 17.5. The summed E-state index contributed by atoms with van der Waals surface area (Å²) in [5.41, 5.74) is 2.24. The fourth-order valence-electron chi connectivity index (χ4n) is 2.41. The van der Waals surface area contributed by atoms with Crippen LogP contribution in [0.2, 0.25) is 0 Å². The van der Waals surface area contributed by atoms with Crippen molar-refractivity contribution >= 4 is 56.4 Å². The number of rotatable bonds is 4. The smallest absolute Gasteiger partial charge is 0.267 e. The van der Waals surface area contributed by atoms with E-state index < -0.39 is 0 Å². The molecule has 1 fully saturated rings. The highest BCUT2D eigenvalue weighted by atomic mass is 32.2. The van der Waals surface area contributed by atoms with Crippen LogP contribution in [0.5, 0.6) is 0 Å². The van der Waals surface area contributed by atoms with Crippen molar-refractivity contribution < 1.29 is 4.79 Å². The molecule has 1 aliphatic rings. The third-order valence-corrected chi connectivity index (χ3v) is 5.23. The minimum atomic E-state index is -0.125. The standard InChI is InChI=1S/C18H13N5OS2/c1-2-8-23-16(24)15(26-18(23)22-17-19-7-9-25-17)10-12-11-20-13-5-3-4-6-14(13)21-12/h2-7,9-11H,1,8H2. The molecule has 0 atom stereocenters. The van der Waals surface area contributed by atoms with Crippen LogP contribution < -0.4 is 0 Å². The number of amidine groups is 1. The van der Waals surface area contributed by atoms with E-state index in [2.05, 4.69) is 26.5 Å². The van der Waals surface area contributed by atoms with Crippen molar-refractivity contribution in [3.05, 3.63) is 65.3 Å². The van der Waals surface area contributed by atoms with Crippen LogP contribution in [0.25, 0.3) is 17.1 Å². The Morgan fingerprint density at radius 1 is 1.23 bits per heavy atom. The molecule has 0 spiro atoms. The van der Waals surface area contributed by atoms with Gasteiger partial charge in [0.1, 0.15) is 0 Å². The van der Waals surface area contributed by atoms with E-state index in [1.807, 2.05) is 29.6 Å². The number of fused-ring (bicyclic) bond motifs is 1. The van der Waals surface area contributed by atoms with Crippen LogP contribution in [-0.4, -0.2) is 37.5 Å². The van der Waals surface area contributed by atoms with Crippen molar-refractivity contribution in [2.45, 2.75) is 0 Å². The zero-order valence-electron chi connectivity index (χ0n) is 13.6. The average Bonchev–Trinajstić information content (AvgIpc) is 3.26. The quantitative estimate of drug-likeness (QED) is 0.508. The summed E-state index contributed by atoms with van der Waals surface area (Å²) in [5, 5.41) is 3.05. The molecule has 1 amide bonds. The summed E-state index contributed by atoms with van der Waals surface area (Å²) in [5.74, 6) is -0.125. The van der Waals surface area contributed by atoms with Gasteiger partial charge in [-0.2, -0.15) is 4.99 Å². The first kappa shape index (κ1) is 16.6. The van der Waals surface area contributed by atoms with E-state index in [1.165, 1.54) is 23.1 Å². The molecule has 0 unspecified atom stereocenters. The fraction of sp³-hybridized carbons (Fsp3) is 0.0556. The van der Waals surface area contributed by atoms with Gasteiger partial charge < -0.3 is 0 Å². The zero-order valence-corrected chi connectivity index (χ0v) is 15.2. The summed E-state index contributed by atoms with van der Waals surface area (Å²) < 4.78 is 0. The topological polar surface area (TPSA) is 71.3 Å². The first-order chi connectivity index (χ1) is 12.7.